The second-order valence-corrected chi connectivity index (χ2v) is 5.75. The monoisotopic (exact) mass is 301 g/mol. The van der Waals surface area contributed by atoms with Crippen LogP contribution in [0.25, 0.3) is 11.3 Å². The molecule has 0 amide bonds. The Balaban J connectivity index is 1.94. The summed E-state index contributed by atoms with van der Waals surface area (Å²) in [5, 5.41) is 3.49. The summed E-state index contributed by atoms with van der Waals surface area (Å²) >= 11 is 7.72. The summed E-state index contributed by atoms with van der Waals surface area (Å²) in [5.41, 5.74) is 2.90. The third-order valence-corrected chi connectivity index (χ3v) is 3.95. The van der Waals surface area contributed by atoms with Gasteiger partial charge < -0.3 is 0 Å². The average Bonchev–Trinajstić information content (AvgIpc) is 2.84. The van der Waals surface area contributed by atoms with Gasteiger partial charge in [0.25, 0.3) is 0 Å². The van der Waals surface area contributed by atoms with E-state index in [1.54, 1.807) is 17.4 Å². The number of benzene rings is 1. The molecule has 0 spiro atoms. The van der Waals surface area contributed by atoms with Crippen molar-refractivity contribution < 1.29 is 0 Å². The number of nitrogens with zero attached hydrogens (tertiary/aromatic N) is 3. The lowest BCUT2D eigenvalue weighted by atomic mass is 10.1. The topological polar surface area (TPSA) is 38.7 Å². The second-order valence-electron chi connectivity index (χ2n) is 4.42. The first-order chi connectivity index (χ1) is 9.70. The highest BCUT2D eigenvalue weighted by Gasteiger charge is 2.08. The molecule has 20 heavy (non-hydrogen) atoms. The maximum atomic E-state index is 6.10. The van der Waals surface area contributed by atoms with Crippen LogP contribution in [0.15, 0.2) is 41.8 Å². The van der Waals surface area contributed by atoms with E-state index in [2.05, 4.69) is 15.0 Å². The molecule has 2 aromatic heterocycles. The Hall–Kier alpha value is -1.78. The third kappa shape index (κ3) is 3.03. The molecule has 3 aromatic rings. The number of halogens is 1. The molecule has 0 unspecified atom stereocenters. The van der Waals surface area contributed by atoms with Crippen LogP contribution in [0.2, 0.25) is 5.15 Å². The Morgan fingerprint density at radius 1 is 1.10 bits per heavy atom. The van der Waals surface area contributed by atoms with Crippen LogP contribution in [0.4, 0.5) is 0 Å². The molecule has 0 saturated carbocycles. The van der Waals surface area contributed by atoms with Crippen molar-refractivity contribution in [3.63, 3.8) is 0 Å². The lowest BCUT2D eigenvalue weighted by Gasteiger charge is -2.04. The normalized spacial score (nSPS) is 10.7. The number of rotatable bonds is 3. The van der Waals surface area contributed by atoms with Crippen LogP contribution in [0.1, 0.15) is 16.5 Å². The molecule has 0 atom stereocenters. The van der Waals surface area contributed by atoms with Gasteiger partial charge in [-0.1, -0.05) is 41.9 Å². The van der Waals surface area contributed by atoms with Crippen LogP contribution in [-0.4, -0.2) is 15.0 Å². The zero-order chi connectivity index (χ0) is 13.9. The first-order valence-corrected chi connectivity index (χ1v) is 7.46. The van der Waals surface area contributed by atoms with Gasteiger partial charge in [0.05, 0.1) is 12.1 Å². The minimum atomic E-state index is 0.460. The van der Waals surface area contributed by atoms with E-state index >= 15 is 0 Å². The molecular weight excluding hydrogens is 290 g/mol. The fourth-order valence-corrected chi connectivity index (χ4v) is 2.89. The Bertz CT molecular complexity index is 725. The first kappa shape index (κ1) is 13.2. The van der Waals surface area contributed by atoms with E-state index in [9.17, 15) is 0 Å². The van der Waals surface area contributed by atoms with Crippen LogP contribution in [-0.2, 0) is 6.42 Å². The highest BCUT2D eigenvalue weighted by atomic mass is 35.5. The van der Waals surface area contributed by atoms with Crippen molar-refractivity contribution in [2.24, 2.45) is 0 Å². The van der Waals surface area contributed by atoms with E-state index in [1.165, 1.54) is 0 Å². The molecule has 0 fully saturated rings. The fraction of sp³-hybridized carbons (Fsp3) is 0.133. The lowest BCUT2D eigenvalue weighted by Crippen LogP contribution is -1.98. The van der Waals surface area contributed by atoms with Crippen LogP contribution in [0.5, 0.6) is 0 Å². The summed E-state index contributed by atoms with van der Waals surface area (Å²) in [5.74, 6) is 0.700. The van der Waals surface area contributed by atoms with Crippen molar-refractivity contribution in [1.82, 2.24) is 15.0 Å². The quantitative estimate of drug-likeness (QED) is 0.682. The van der Waals surface area contributed by atoms with Gasteiger partial charge in [-0.3, -0.25) is 0 Å². The first-order valence-electron chi connectivity index (χ1n) is 6.20. The van der Waals surface area contributed by atoms with Crippen LogP contribution < -0.4 is 0 Å². The summed E-state index contributed by atoms with van der Waals surface area (Å²) in [6.07, 6.45) is 0.610. The van der Waals surface area contributed by atoms with E-state index in [0.717, 1.165) is 22.0 Å². The highest BCUT2D eigenvalue weighted by Crippen LogP contribution is 2.21. The van der Waals surface area contributed by atoms with Gasteiger partial charge in [0.2, 0.25) is 0 Å². The zero-order valence-electron chi connectivity index (χ0n) is 10.9. The fourth-order valence-electron chi connectivity index (χ4n) is 1.92. The molecule has 0 radical (unpaired) electrons. The molecule has 0 saturated heterocycles. The van der Waals surface area contributed by atoms with Crippen molar-refractivity contribution in [2.75, 3.05) is 0 Å². The van der Waals surface area contributed by atoms with Crippen molar-refractivity contribution in [3.8, 4) is 11.3 Å². The molecule has 0 bridgehead atoms. The molecule has 100 valence electrons. The molecule has 3 rings (SSSR count). The van der Waals surface area contributed by atoms with Gasteiger partial charge in [0, 0.05) is 22.7 Å². The molecule has 0 N–H and O–H groups in total. The molecular formula is C15H12ClN3S. The number of hydrogen-bond acceptors (Lipinski definition) is 4. The van der Waals surface area contributed by atoms with E-state index in [1.807, 2.05) is 42.6 Å². The van der Waals surface area contributed by atoms with Crippen molar-refractivity contribution >= 4 is 22.9 Å². The number of aromatic nitrogens is 3. The maximum absolute atomic E-state index is 6.10. The minimum absolute atomic E-state index is 0.460. The summed E-state index contributed by atoms with van der Waals surface area (Å²) < 4.78 is 0. The molecule has 5 heteroatoms. The lowest BCUT2D eigenvalue weighted by molar-refractivity contribution is 0.956. The van der Waals surface area contributed by atoms with Gasteiger partial charge in [-0.2, -0.15) is 0 Å². The largest absolute Gasteiger partial charge is 0.246 e. The predicted molar refractivity (Wildman–Crippen MR) is 82.1 cm³/mol. The van der Waals surface area contributed by atoms with Gasteiger partial charge in [0.15, 0.2) is 0 Å². The van der Waals surface area contributed by atoms with Gasteiger partial charge in [-0.05, 0) is 6.92 Å². The van der Waals surface area contributed by atoms with E-state index < -0.39 is 0 Å². The summed E-state index contributed by atoms with van der Waals surface area (Å²) in [6, 6.07) is 11.7. The Morgan fingerprint density at radius 3 is 2.60 bits per heavy atom. The summed E-state index contributed by atoms with van der Waals surface area (Å²) in [4.78, 5) is 13.3. The molecule has 0 aliphatic rings. The summed E-state index contributed by atoms with van der Waals surface area (Å²) in [7, 11) is 0. The Kier molecular flexibility index (Phi) is 3.76. The van der Waals surface area contributed by atoms with Gasteiger partial charge in [-0.15, -0.1) is 11.3 Å². The minimum Gasteiger partial charge on any atom is -0.246 e. The number of hydrogen-bond donors (Lipinski definition) is 0. The van der Waals surface area contributed by atoms with Crippen LogP contribution >= 0.6 is 22.9 Å². The van der Waals surface area contributed by atoms with Crippen LogP contribution in [0.3, 0.4) is 0 Å². The number of thiazole rings is 1. The van der Waals surface area contributed by atoms with E-state index in [0.29, 0.717) is 17.4 Å². The van der Waals surface area contributed by atoms with Gasteiger partial charge >= 0.3 is 0 Å². The zero-order valence-corrected chi connectivity index (χ0v) is 12.4. The summed E-state index contributed by atoms with van der Waals surface area (Å²) in [6.45, 7) is 1.98. The highest BCUT2D eigenvalue weighted by molar-refractivity contribution is 7.09. The molecule has 1 aromatic carbocycles. The average molecular weight is 302 g/mol. The SMILES string of the molecule is Cc1csc(Cc2nc(Cl)cc(-c3ccccc3)n2)n1. The Labute approximate surface area is 126 Å². The molecule has 0 aliphatic heterocycles. The van der Waals surface area contributed by atoms with Gasteiger partial charge in [-0.25, -0.2) is 15.0 Å². The smallest absolute Gasteiger partial charge is 0.137 e. The number of aryl methyl sites for hydroxylation is 1. The van der Waals surface area contributed by atoms with Crippen molar-refractivity contribution in [3.05, 3.63) is 63.5 Å². The second kappa shape index (κ2) is 5.69. The maximum Gasteiger partial charge on any atom is 0.137 e. The van der Waals surface area contributed by atoms with Gasteiger partial charge in [0.1, 0.15) is 16.0 Å². The van der Waals surface area contributed by atoms with Crippen molar-refractivity contribution in [2.45, 2.75) is 13.3 Å². The predicted octanol–water partition coefficient (Wildman–Crippen LogP) is 4.15. The molecule has 2 heterocycles. The standard InChI is InChI=1S/C15H12ClN3S/c1-10-9-20-15(17-10)8-14-18-12(7-13(16)19-14)11-5-3-2-4-6-11/h2-7,9H,8H2,1H3. The van der Waals surface area contributed by atoms with E-state index in [4.69, 9.17) is 11.6 Å². The molecule has 0 aliphatic carbocycles. The third-order valence-electron chi connectivity index (χ3n) is 2.79. The molecule has 3 nitrogen and oxygen atoms in total. The van der Waals surface area contributed by atoms with E-state index in [-0.39, 0.29) is 0 Å². The van der Waals surface area contributed by atoms with Crippen molar-refractivity contribution in [1.29, 1.82) is 0 Å². The van der Waals surface area contributed by atoms with Crippen LogP contribution in [0, 0.1) is 6.92 Å². The Morgan fingerprint density at radius 2 is 1.90 bits per heavy atom.